The molecule has 2 aromatic rings. The average molecular weight is 375 g/mol. The molecule has 0 bridgehead atoms. The van der Waals surface area contributed by atoms with E-state index in [-0.39, 0.29) is 11.5 Å². The average Bonchev–Trinajstić information content (AvgIpc) is 2.47. The molecule has 2 aromatic carbocycles. The van der Waals surface area contributed by atoms with Crippen molar-refractivity contribution < 1.29 is 8.42 Å². The van der Waals surface area contributed by atoms with Gasteiger partial charge in [-0.1, -0.05) is 59.6 Å². The molecule has 0 aliphatic carbocycles. The summed E-state index contributed by atoms with van der Waals surface area (Å²) in [7, 11) is -3.16. The second kappa shape index (κ2) is 8.25. The maximum absolute atomic E-state index is 12.1. The Morgan fingerprint density at radius 1 is 0.864 bits per heavy atom. The van der Waals surface area contributed by atoms with Crippen LogP contribution in [0.2, 0.25) is 10.0 Å². The largest absolute Gasteiger partial charge is 0.228 e. The summed E-state index contributed by atoms with van der Waals surface area (Å²) in [6.07, 6.45) is 0. The van der Waals surface area contributed by atoms with Gasteiger partial charge in [0.25, 0.3) is 0 Å². The predicted molar refractivity (Wildman–Crippen MR) is 96.6 cm³/mol. The van der Waals surface area contributed by atoms with E-state index in [1.807, 2.05) is 24.3 Å². The minimum atomic E-state index is -3.16. The minimum Gasteiger partial charge on any atom is -0.228 e. The van der Waals surface area contributed by atoms with Crippen molar-refractivity contribution in [2.24, 2.45) is 0 Å². The van der Waals surface area contributed by atoms with Crippen LogP contribution in [0.15, 0.2) is 48.5 Å². The van der Waals surface area contributed by atoms with E-state index in [1.54, 1.807) is 36.0 Å². The van der Waals surface area contributed by atoms with Crippen LogP contribution in [-0.2, 0) is 21.3 Å². The van der Waals surface area contributed by atoms with E-state index >= 15 is 0 Å². The molecule has 0 N–H and O–H groups in total. The standard InChI is InChI=1S/C16H16Cl2O2S2/c17-15-7-3-1-5-13(15)11-21-9-10-22(19,20)12-14-6-2-4-8-16(14)18/h1-8H,9-12H2. The molecule has 118 valence electrons. The third-order valence-corrected chi connectivity index (χ3v) is 6.67. The second-order valence-corrected chi connectivity index (χ2v) is 8.93. The van der Waals surface area contributed by atoms with E-state index in [0.29, 0.717) is 27.1 Å². The third-order valence-electron chi connectivity index (χ3n) is 3.09. The topological polar surface area (TPSA) is 34.1 Å². The molecule has 0 atom stereocenters. The summed E-state index contributed by atoms with van der Waals surface area (Å²) in [4.78, 5) is 0. The van der Waals surface area contributed by atoms with Crippen molar-refractivity contribution in [1.29, 1.82) is 0 Å². The fourth-order valence-corrected chi connectivity index (χ4v) is 5.44. The van der Waals surface area contributed by atoms with Crippen molar-refractivity contribution in [2.45, 2.75) is 11.5 Å². The normalized spacial score (nSPS) is 11.5. The van der Waals surface area contributed by atoms with Crippen molar-refractivity contribution in [3.8, 4) is 0 Å². The van der Waals surface area contributed by atoms with Crippen LogP contribution in [-0.4, -0.2) is 19.9 Å². The van der Waals surface area contributed by atoms with E-state index in [9.17, 15) is 8.42 Å². The summed E-state index contributed by atoms with van der Waals surface area (Å²) >= 11 is 13.6. The maximum atomic E-state index is 12.1. The lowest BCUT2D eigenvalue weighted by Gasteiger charge is -2.07. The molecule has 0 saturated heterocycles. The highest BCUT2D eigenvalue weighted by Gasteiger charge is 2.14. The van der Waals surface area contributed by atoms with E-state index in [1.165, 1.54) is 0 Å². The maximum Gasteiger partial charge on any atom is 0.155 e. The van der Waals surface area contributed by atoms with Crippen LogP contribution in [0.3, 0.4) is 0 Å². The van der Waals surface area contributed by atoms with Crippen molar-refractivity contribution in [3.05, 3.63) is 69.7 Å². The Morgan fingerprint density at radius 2 is 1.41 bits per heavy atom. The highest BCUT2D eigenvalue weighted by atomic mass is 35.5. The number of benzene rings is 2. The Kier molecular flexibility index (Phi) is 6.63. The molecule has 0 saturated carbocycles. The molecule has 0 aliphatic rings. The minimum absolute atomic E-state index is 0.0146. The number of thioether (sulfide) groups is 1. The number of halogens is 2. The molecule has 0 aliphatic heterocycles. The van der Waals surface area contributed by atoms with E-state index in [0.717, 1.165) is 5.56 Å². The predicted octanol–water partition coefficient (Wildman–Crippen LogP) is 4.84. The fraction of sp³-hybridized carbons (Fsp3) is 0.250. The number of rotatable bonds is 7. The summed E-state index contributed by atoms with van der Waals surface area (Å²) in [6.45, 7) is 0. The van der Waals surface area contributed by atoms with Gasteiger partial charge in [-0.3, -0.25) is 0 Å². The van der Waals surface area contributed by atoms with Gasteiger partial charge < -0.3 is 0 Å². The van der Waals surface area contributed by atoms with Gasteiger partial charge in [0.1, 0.15) is 0 Å². The van der Waals surface area contributed by atoms with Crippen LogP contribution in [0.4, 0.5) is 0 Å². The van der Waals surface area contributed by atoms with Gasteiger partial charge in [-0.05, 0) is 23.3 Å². The van der Waals surface area contributed by atoms with Crippen LogP contribution in [0.5, 0.6) is 0 Å². The highest BCUT2D eigenvalue weighted by molar-refractivity contribution is 7.99. The molecule has 0 radical (unpaired) electrons. The van der Waals surface area contributed by atoms with Gasteiger partial charge in [0.15, 0.2) is 9.84 Å². The van der Waals surface area contributed by atoms with Crippen molar-refractivity contribution >= 4 is 44.8 Å². The van der Waals surface area contributed by atoms with Gasteiger partial charge in [-0.25, -0.2) is 8.42 Å². The smallest absolute Gasteiger partial charge is 0.155 e. The fourth-order valence-electron chi connectivity index (χ4n) is 1.91. The van der Waals surface area contributed by atoms with Crippen LogP contribution < -0.4 is 0 Å². The van der Waals surface area contributed by atoms with Gasteiger partial charge in [0, 0.05) is 21.6 Å². The molecule has 22 heavy (non-hydrogen) atoms. The summed E-state index contributed by atoms with van der Waals surface area (Å²) in [6, 6.07) is 14.6. The van der Waals surface area contributed by atoms with Gasteiger partial charge in [0.05, 0.1) is 11.5 Å². The SMILES string of the molecule is O=S(=O)(CCSCc1ccccc1Cl)Cc1ccccc1Cl. The number of hydrogen-bond donors (Lipinski definition) is 0. The summed E-state index contributed by atoms with van der Waals surface area (Å²) < 4.78 is 24.3. The van der Waals surface area contributed by atoms with Crippen LogP contribution in [0, 0.1) is 0 Å². The number of sulfone groups is 1. The van der Waals surface area contributed by atoms with Crippen molar-refractivity contribution in [2.75, 3.05) is 11.5 Å². The monoisotopic (exact) mass is 374 g/mol. The molecule has 2 nitrogen and oxygen atoms in total. The summed E-state index contributed by atoms with van der Waals surface area (Å²) in [5, 5.41) is 1.21. The van der Waals surface area contributed by atoms with Crippen LogP contribution >= 0.6 is 35.0 Å². The molecule has 0 unspecified atom stereocenters. The Morgan fingerprint density at radius 3 is 2.00 bits per heavy atom. The van der Waals surface area contributed by atoms with Crippen molar-refractivity contribution in [3.63, 3.8) is 0 Å². The Hall–Kier alpha value is -0.680. The lowest BCUT2D eigenvalue weighted by Crippen LogP contribution is -2.11. The highest BCUT2D eigenvalue weighted by Crippen LogP contribution is 2.22. The Labute approximate surface area is 145 Å². The molecular formula is C16H16Cl2O2S2. The molecule has 0 fully saturated rings. The lowest BCUT2D eigenvalue weighted by molar-refractivity contribution is 0.597. The molecule has 2 rings (SSSR count). The Balaban J connectivity index is 1.83. The molecule has 6 heteroatoms. The zero-order valence-corrected chi connectivity index (χ0v) is 15.0. The Bertz CT molecular complexity index is 730. The summed E-state index contributed by atoms with van der Waals surface area (Å²) in [5.74, 6) is 1.37. The second-order valence-electron chi connectivity index (χ2n) is 4.83. The molecular weight excluding hydrogens is 359 g/mol. The zero-order valence-electron chi connectivity index (χ0n) is 11.8. The first-order chi connectivity index (χ1) is 10.5. The van der Waals surface area contributed by atoms with E-state index in [4.69, 9.17) is 23.2 Å². The third kappa shape index (κ3) is 5.51. The van der Waals surface area contributed by atoms with Crippen molar-refractivity contribution in [1.82, 2.24) is 0 Å². The van der Waals surface area contributed by atoms with Crippen LogP contribution in [0.25, 0.3) is 0 Å². The van der Waals surface area contributed by atoms with E-state index < -0.39 is 9.84 Å². The first kappa shape index (κ1) is 17.7. The lowest BCUT2D eigenvalue weighted by atomic mass is 10.2. The van der Waals surface area contributed by atoms with Gasteiger partial charge >= 0.3 is 0 Å². The first-order valence-corrected chi connectivity index (χ1v) is 10.5. The number of hydrogen-bond acceptors (Lipinski definition) is 3. The first-order valence-electron chi connectivity index (χ1n) is 6.73. The van der Waals surface area contributed by atoms with Gasteiger partial charge in [0.2, 0.25) is 0 Å². The molecule has 0 spiro atoms. The molecule has 0 amide bonds. The van der Waals surface area contributed by atoms with Gasteiger partial charge in [-0.2, -0.15) is 11.8 Å². The summed E-state index contributed by atoms with van der Waals surface area (Å²) in [5.41, 5.74) is 1.68. The van der Waals surface area contributed by atoms with Gasteiger partial charge in [-0.15, -0.1) is 0 Å². The van der Waals surface area contributed by atoms with E-state index in [2.05, 4.69) is 0 Å². The molecule has 0 heterocycles. The molecule has 0 aromatic heterocycles. The zero-order chi connectivity index (χ0) is 16.0. The van der Waals surface area contributed by atoms with Crippen LogP contribution in [0.1, 0.15) is 11.1 Å². The quantitative estimate of drug-likeness (QED) is 0.650.